The van der Waals surface area contributed by atoms with Gasteiger partial charge in [0.2, 0.25) is 5.91 Å². The number of benzene rings is 1. The summed E-state index contributed by atoms with van der Waals surface area (Å²) >= 11 is 0. The van der Waals surface area contributed by atoms with Crippen LogP contribution in [0.15, 0.2) is 24.3 Å². The molecule has 4 nitrogen and oxygen atoms in total. The average molecular weight is 236 g/mol. The first-order valence-corrected chi connectivity index (χ1v) is 5.77. The molecule has 1 rings (SSSR count). The number of nitrogens with one attached hydrogen (secondary N) is 1. The summed E-state index contributed by atoms with van der Waals surface area (Å²) in [6.45, 7) is 3.85. The number of nitrogens with two attached hydrogens (primary N) is 1. The van der Waals surface area contributed by atoms with Crippen LogP contribution in [0.1, 0.15) is 19.4 Å². The lowest BCUT2D eigenvalue weighted by Gasteiger charge is -2.19. The highest BCUT2D eigenvalue weighted by atomic mass is 16.3. The molecule has 0 bridgehead atoms. The number of carbonyl (C=O) groups excluding carboxylic acids is 1. The van der Waals surface area contributed by atoms with Crippen molar-refractivity contribution in [3.8, 4) is 0 Å². The summed E-state index contributed by atoms with van der Waals surface area (Å²) in [4.78, 5) is 11.7. The molecule has 1 aromatic carbocycles. The molecule has 17 heavy (non-hydrogen) atoms. The minimum Gasteiger partial charge on any atom is -0.399 e. The predicted octanol–water partition coefficient (Wildman–Crippen LogP) is 0.944. The van der Waals surface area contributed by atoms with E-state index in [4.69, 9.17) is 10.8 Å². The van der Waals surface area contributed by atoms with Crippen molar-refractivity contribution in [1.29, 1.82) is 0 Å². The SMILES string of the molecule is CC(CO)C(C)NC(=O)Cc1cccc(N)c1. The fraction of sp³-hybridized carbons (Fsp3) is 0.462. The molecule has 0 fully saturated rings. The van der Waals surface area contributed by atoms with Crippen LogP contribution in [0.2, 0.25) is 0 Å². The second kappa shape index (κ2) is 6.25. The van der Waals surface area contributed by atoms with Gasteiger partial charge in [0.05, 0.1) is 6.42 Å². The number of carbonyl (C=O) groups is 1. The van der Waals surface area contributed by atoms with E-state index >= 15 is 0 Å². The molecule has 4 heteroatoms. The van der Waals surface area contributed by atoms with Crippen molar-refractivity contribution in [2.24, 2.45) is 5.92 Å². The molecule has 0 radical (unpaired) electrons. The highest BCUT2D eigenvalue weighted by molar-refractivity contribution is 5.79. The maximum Gasteiger partial charge on any atom is 0.224 e. The second-order valence-corrected chi connectivity index (χ2v) is 4.44. The molecular formula is C13H20N2O2. The maximum absolute atomic E-state index is 11.7. The summed E-state index contributed by atoms with van der Waals surface area (Å²) in [5.41, 5.74) is 7.19. The highest BCUT2D eigenvalue weighted by Crippen LogP contribution is 2.08. The molecule has 94 valence electrons. The van der Waals surface area contributed by atoms with E-state index in [1.165, 1.54) is 0 Å². The van der Waals surface area contributed by atoms with E-state index in [-0.39, 0.29) is 24.5 Å². The topological polar surface area (TPSA) is 75.3 Å². The number of hydrogen-bond acceptors (Lipinski definition) is 3. The van der Waals surface area contributed by atoms with Crippen molar-refractivity contribution in [3.05, 3.63) is 29.8 Å². The molecule has 0 aliphatic rings. The monoisotopic (exact) mass is 236 g/mol. The number of nitrogen functional groups attached to an aromatic ring is 1. The third-order valence-corrected chi connectivity index (χ3v) is 2.85. The van der Waals surface area contributed by atoms with Crippen molar-refractivity contribution in [2.75, 3.05) is 12.3 Å². The Morgan fingerprint density at radius 2 is 2.18 bits per heavy atom. The minimum absolute atomic E-state index is 0.0337. The lowest BCUT2D eigenvalue weighted by atomic mass is 10.0. The predicted molar refractivity (Wildman–Crippen MR) is 68.4 cm³/mol. The Bertz CT molecular complexity index is 379. The van der Waals surface area contributed by atoms with Crippen LogP contribution in [-0.2, 0) is 11.2 Å². The quantitative estimate of drug-likeness (QED) is 0.666. The summed E-state index contributed by atoms with van der Waals surface area (Å²) in [5.74, 6) is 0.00296. The highest BCUT2D eigenvalue weighted by Gasteiger charge is 2.13. The van der Waals surface area contributed by atoms with Crippen molar-refractivity contribution in [2.45, 2.75) is 26.3 Å². The second-order valence-electron chi connectivity index (χ2n) is 4.44. The number of anilines is 1. The molecular weight excluding hydrogens is 216 g/mol. The first kappa shape index (κ1) is 13.5. The van der Waals surface area contributed by atoms with E-state index < -0.39 is 0 Å². The molecule has 0 aliphatic heterocycles. The minimum atomic E-state index is -0.0524. The van der Waals surface area contributed by atoms with Crippen LogP contribution in [0.3, 0.4) is 0 Å². The first-order valence-electron chi connectivity index (χ1n) is 5.77. The van der Waals surface area contributed by atoms with Crippen LogP contribution < -0.4 is 11.1 Å². The molecule has 2 atom stereocenters. The number of amides is 1. The van der Waals surface area contributed by atoms with E-state index in [1.54, 1.807) is 12.1 Å². The molecule has 0 saturated carbocycles. The van der Waals surface area contributed by atoms with E-state index in [9.17, 15) is 4.79 Å². The third kappa shape index (κ3) is 4.44. The van der Waals surface area contributed by atoms with Gasteiger partial charge in [0, 0.05) is 18.3 Å². The summed E-state index contributed by atoms with van der Waals surface area (Å²) in [6.07, 6.45) is 0.313. The van der Waals surface area contributed by atoms with Crippen LogP contribution in [0, 0.1) is 5.92 Å². The Kier molecular flexibility index (Phi) is 4.97. The molecule has 1 amide bonds. The number of hydrogen-bond donors (Lipinski definition) is 3. The lowest BCUT2D eigenvalue weighted by molar-refractivity contribution is -0.121. The van der Waals surface area contributed by atoms with Gasteiger partial charge >= 0.3 is 0 Å². The molecule has 4 N–H and O–H groups in total. The Morgan fingerprint density at radius 1 is 1.47 bits per heavy atom. The molecule has 0 aliphatic carbocycles. The van der Waals surface area contributed by atoms with Gasteiger partial charge in [0.15, 0.2) is 0 Å². The van der Waals surface area contributed by atoms with E-state index in [0.29, 0.717) is 12.1 Å². The first-order chi connectivity index (χ1) is 8.02. The van der Waals surface area contributed by atoms with Crippen LogP contribution in [0.25, 0.3) is 0 Å². The number of aliphatic hydroxyl groups is 1. The normalized spacial score (nSPS) is 14.1. The Hall–Kier alpha value is -1.55. The molecule has 0 aromatic heterocycles. The van der Waals surface area contributed by atoms with Gasteiger partial charge in [-0.25, -0.2) is 0 Å². The van der Waals surface area contributed by atoms with Crippen molar-refractivity contribution < 1.29 is 9.90 Å². The molecule has 0 spiro atoms. The summed E-state index contributed by atoms with van der Waals surface area (Å²) < 4.78 is 0. The van der Waals surface area contributed by atoms with Crippen LogP contribution in [-0.4, -0.2) is 23.7 Å². The number of aliphatic hydroxyl groups excluding tert-OH is 1. The Labute approximate surface area is 102 Å². The van der Waals surface area contributed by atoms with E-state index in [2.05, 4.69) is 5.32 Å². The van der Waals surface area contributed by atoms with Gasteiger partial charge in [-0.1, -0.05) is 19.1 Å². The van der Waals surface area contributed by atoms with Crippen LogP contribution in [0.4, 0.5) is 5.69 Å². The average Bonchev–Trinajstić information content (AvgIpc) is 2.27. The summed E-state index contributed by atoms with van der Waals surface area (Å²) in [6, 6.07) is 7.25. The summed E-state index contributed by atoms with van der Waals surface area (Å²) in [7, 11) is 0. The zero-order chi connectivity index (χ0) is 12.8. The zero-order valence-corrected chi connectivity index (χ0v) is 10.3. The Morgan fingerprint density at radius 3 is 2.76 bits per heavy atom. The van der Waals surface area contributed by atoms with Crippen molar-refractivity contribution in [3.63, 3.8) is 0 Å². The van der Waals surface area contributed by atoms with Gasteiger partial charge in [0.1, 0.15) is 0 Å². The van der Waals surface area contributed by atoms with Gasteiger partial charge < -0.3 is 16.2 Å². The van der Waals surface area contributed by atoms with E-state index in [1.807, 2.05) is 26.0 Å². The van der Waals surface area contributed by atoms with Crippen molar-refractivity contribution >= 4 is 11.6 Å². The molecule has 0 saturated heterocycles. The smallest absolute Gasteiger partial charge is 0.224 e. The van der Waals surface area contributed by atoms with Gasteiger partial charge in [-0.15, -0.1) is 0 Å². The van der Waals surface area contributed by atoms with Crippen LogP contribution in [0.5, 0.6) is 0 Å². The lowest BCUT2D eigenvalue weighted by Crippen LogP contribution is -2.39. The zero-order valence-electron chi connectivity index (χ0n) is 10.3. The standard InChI is InChI=1S/C13H20N2O2/c1-9(8-16)10(2)15-13(17)7-11-4-3-5-12(14)6-11/h3-6,9-10,16H,7-8,14H2,1-2H3,(H,15,17). The van der Waals surface area contributed by atoms with Crippen LogP contribution >= 0.6 is 0 Å². The number of rotatable bonds is 5. The van der Waals surface area contributed by atoms with Gasteiger partial charge in [-0.2, -0.15) is 0 Å². The third-order valence-electron chi connectivity index (χ3n) is 2.85. The molecule has 0 heterocycles. The maximum atomic E-state index is 11.7. The molecule has 2 unspecified atom stereocenters. The van der Waals surface area contributed by atoms with Gasteiger partial charge in [-0.3, -0.25) is 4.79 Å². The van der Waals surface area contributed by atoms with Gasteiger partial charge in [0.25, 0.3) is 0 Å². The Balaban J connectivity index is 2.50. The van der Waals surface area contributed by atoms with E-state index in [0.717, 1.165) is 5.56 Å². The fourth-order valence-electron chi connectivity index (χ4n) is 1.49. The van der Waals surface area contributed by atoms with Gasteiger partial charge in [-0.05, 0) is 30.5 Å². The van der Waals surface area contributed by atoms with Crippen molar-refractivity contribution in [1.82, 2.24) is 5.32 Å². The molecule has 1 aromatic rings. The largest absolute Gasteiger partial charge is 0.399 e. The summed E-state index contributed by atoms with van der Waals surface area (Å²) in [5, 5.41) is 11.8. The fourth-order valence-corrected chi connectivity index (χ4v) is 1.49.